The first-order valence-electron chi connectivity index (χ1n) is 5.01. The van der Waals surface area contributed by atoms with Gasteiger partial charge in [0.2, 0.25) is 0 Å². The minimum atomic E-state index is -0.0284. The quantitative estimate of drug-likeness (QED) is 0.627. The molecular formula is C11H14N4S. The highest BCUT2D eigenvalue weighted by Gasteiger charge is 2.14. The molecule has 0 saturated carbocycles. The lowest BCUT2D eigenvalue weighted by Gasteiger charge is -2.13. The summed E-state index contributed by atoms with van der Waals surface area (Å²) in [5, 5.41) is 1.04. The van der Waals surface area contributed by atoms with Crippen LogP contribution in [0.1, 0.15) is 27.2 Å². The first-order chi connectivity index (χ1) is 7.70. The number of aryl methyl sites for hydroxylation is 2. The Morgan fingerprint density at radius 1 is 1.25 bits per heavy atom. The summed E-state index contributed by atoms with van der Waals surface area (Å²) in [6, 6.07) is 3.98. The zero-order chi connectivity index (χ0) is 11.5. The van der Waals surface area contributed by atoms with Gasteiger partial charge in [-0.1, -0.05) is 6.07 Å². The molecule has 2 aromatic rings. The Balaban J connectivity index is 2.32. The molecule has 1 unspecified atom stereocenters. The van der Waals surface area contributed by atoms with Crippen LogP contribution >= 0.6 is 11.3 Å². The van der Waals surface area contributed by atoms with Crippen molar-refractivity contribution < 1.29 is 0 Å². The fourth-order valence-electron chi connectivity index (χ4n) is 1.50. The normalized spacial score (nSPS) is 12.7. The number of nitrogens with two attached hydrogens (primary N) is 1. The minimum absolute atomic E-state index is 0.0284. The second-order valence-corrected chi connectivity index (χ2v) is 4.88. The third-order valence-electron chi connectivity index (χ3n) is 2.36. The highest BCUT2D eigenvalue weighted by atomic mass is 32.1. The van der Waals surface area contributed by atoms with Crippen molar-refractivity contribution in [3.05, 3.63) is 45.7 Å². The summed E-state index contributed by atoms with van der Waals surface area (Å²) in [6.45, 7) is 3.95. The molecule has 5 heteroatoms. The van der Waals surface area contributed by atoms with Crippen molar-refractivity contribution in [1.82, 2.24) is 15.4 Å². The SMILES string of the molecule is Cc1ccc(C(NN)c2cnc(C)s2)cn1. The number of rotatable bonds is 3. The molecule has 0 bridgehead atoms. The molecule has 0 saturated heterocycles. The molecule has 84 valence electrons. The van der Waals surface area contributed by atoms with Gasteiger partial charge in [0.05, 0.1) is 11.0 Å². The third kappa shape index (κ3) is 2.27. The number of pyridine rings is 1. The van der Waals surface area contributed by atoms with Crippen LogP contribution in [0.2, 0.25) is 0 Å². The monoisotopic (exact) mass is 234 g/mol. The Bertz CT molecular complexity index is 463. The van der Waals surface area contributed by atoms with Gasteiger partial charge in [0.15, 0.2) is 0 Å². The maximum atomic E-state index is 5.59. The van der Waals surface area contributed by atoms with Crippen LogP contribution in [0.25, 0.3) is 0 Å². The van der Waals surface area contributed by atoms with Crippen LogP contribution in [0.5, 0.6) is 0 Å². The first-order valence-corrected chi connectivity index (χ1v) is 5.83. The van der Waals surface area contributed by atoms with E-state index >= 15 is 0 Å². The van der Waals surface area contributed by atoms with E-state index in [1.807, 2.05) is 38.4 Å². The number of hydrazine groups is 1. The first kappa shape index (κ1) is 11.2. The highest BCUT2D eigenvalue weighted by Crippen LogP contribution is 2.25. The van der Waals surface area contributed by atoms with Gasteiger partial charge in [-0.05, 0) is 25.5 Å². The Hall–Kier alpha value is -1.30. The van der Waals surface area contributed by atoms with E-state index in [-0.39, 0.29) is 6.04 Å². The third-order valence-corrected chi connectivity index (χ3v) is 3.34. The van der Waals surface area contributed by atoms with E-state index in [2.05, 4.69) is 15.4 Å². The minimum Gasteiger partial charge on any atom is -0.271 e. The number of nitrogens with zero attached hydrogens (tertiary/aromatic N) is 2. The summed E-state index contributed by atoms with van der Waals surface area (Å²) in [5.74, 6) is 5.59. The molecule has 16 heavy (non-hydrogen) atoms. The predicted molar refractivity (Wildman–Crippen MR) is 65.0 cm³/mol. The molecule has 4 nitrogen and oxygen atoms in total. The van der Waals surface area contributed by atoms with Gasteiger partial charge in [-0.3, -0.25) is 10.8 Å². The van der Waals surface area contributed by atoms with Gasteiger partial charge in [-0.2, -0.15) is 0 Å². The Kier molecular flexibility index (Phi) is 3.28. The topological polar surface area (TPSA) is 63.8 Å². The van der Waals surface area contributed by atoms with Crippen LogP contribution in [0.4, 0.5) is 0 Å². The number of hydrogen-bond acceptors (Lipinski definition) is 5. The second kappa shape index (κ2) is 4.69. The van der Waals surface area contributed by atoms with Gasteiger partial charge < -0.3 is 0 Å². The molecule has 0 fully saturated rings. The fourth-order valence-corrected chi connectivity index (χ4v) is 2.38. The lowest BCUT2D eigenvalue weighted by Crippen LogP contribution is -2.28. The Morgan fingerprint density at radius 3 is 2.56 bits per heavy atom. The highest BCUT2D eigenvalue weighted by molar-refractivity contribution is 7.11. The Labute approximate surface area is 98.5 Å². The lowest BCUT2D eigenvalue weighted by atomic mass is 10.1. The second-order valence-electron chi connectivity index (χ2n) is 3.61. The molecular weight excluding hydrogens is 220 g/mol. The molecule has 0 aromatic carbocycles. The summed E-state index contributed by atoms with van der Waals surface area (Å²) in [4.78, 5) is 9.60. The molecule has 0 spiro atoms. The van der Waals surface area contributed by atoms with Crippen LogP contribution < -0.4 is 11.3 Å². The van der Waals surface area contributed by atoms with Gasteiger partial charge >= 0.3 is 0 Å². The van der Waals surface area contributed by atoms with E-state index in [4.69, 9.17) is 5.84 Å². The maximum Gasteiger partial charge on any atom is 0.0897 e. The average Bonchev–Trinajstić information content (AvgIpc) is 2.69. The summed E-state index contributed by atoms with van der Waals surface area (Å²) < 4.78 is 0. The zero-order valence-electron chi connectivity index (χ0n) is 9.27. The van der Waals surface area contributed by atoms with E-state index in [0.717, 1.165) is 21.1 Å². The van der Waals surface area contributed by atoms with Gasteiger partial charge in [0.1, 0.15) is 0 Å². The standard InChI is InChI=1S/C11H14N4S/c1-7-3-4-9(5-13-7)11(15-12)10-6-14-8(2)16-10/h3-6,11,15H,12H2,1-2H3. The van der Waals surface area contributed by atoms with Gasteiger partial charge in [0.25, 0.3) is 0 Å². The predicted octanol–water partition coefficient (Wildman–Crippen LogP) is 1.71. The van der Waals surface area contributed by atoms with Crippen LogP contribution in [0, 0.1) is 13.8 Å². The molecule has 2 aromatic heterocycles. The smallest absolute Gasteiger partial charge is 0.0897 e. The van der Waals surface area contributed by atoms with E-state index in [0.29, 0.717) is 0 Å². The van der Waals surface area contributed by atoms with Crippen molar-refractivity contribution >= 4 is 11.3 Å². The molecule has 2 heterocycles. The number of aromatic nitrogens is 2. The number of nitrogens with one attached hydrogen (secondary N) is 1. The summed E-state index contributed by atoms with van der Waals surface area (Å²) in [5.41, 5.74) is 4.85. The number of hydrogen-bond donors (Lipinski definition) is 2. The largest absolute Gasteiger partial charge is 0.271 e. The molecule has 0 radical (unpaired) electrons. The number of thiazole rings is 1. The van der Waals surface area contributed by atoms with Gasteiger partial charge in [0, 0.05) is 23.0 Å². The van der Waals surface area contributed by atoms with Crippen molar-refractivity contribution in [3.63, 3.8) is 0 Å². The van der Waals surface area contributed by atoms with Crippen LogP contribution in [0.3, 0.4) is 0 Å². The van der Waals surface area contributed by atoms with E-state index in [9.17, 15) is 0 Å². The molecule has 3 N–H and O–H groups in total. The van der Waals surface area contributed by atoms with E-state index in [1.165, 1.54) is 0 Å². The molecule has 0 aliphatic carbocycles. The van der Waals surface area contributed by atoms with Crippen molar-refractivity contribution in [1.29, 1.82) is 0 Å². The van der Waals surface area contributed by atoms with Gasteiger partial charge in [-0.25, -0.2) is 10.4 Å². The van der Waals surface area contributed by atoms with Crippen LogP contribution in [-0.2, 0) is 0 Å². The summed E-state index contributed by atoms with van der Waals surface area (Å²) >= 11 is 1.64. The van der Waals surface area contributed by atoms with Crippen molar-refractivity contribution in [2.24, 2.45) is 5.84 Å². The molecule has 0 amide bonds. The molecule has 1 atom stereocenters. The summed E-state index contributed by atoms with van der Waals surface area (Å²) in [6.07, 6.45) is 3.69. The summed E-state index contributed by atoms with van der Waals surface area (Å²) in [7, 11) is 0. The maximum absolute atomic E-state index is 5.59. The van der Waals surface area contributed by atoms with Crippen molar-refractivity contribution in [3.8, 4) is 0 Å². The Morgan fingerprint density at radius 2 is 2.06 bits per heavy atom. The van der Waals surface area contributed by atoms with Crippen molar-refractivity contribution in [2.75, 3.05) is 0 Å². The van der Waals surface area contributed by atoms with Gasteiger partial charge in [-0.15, -0.1) is 11.3 Å². The molecule has 2 rings (SSSR count). The van der Waals surface area contributed by atoms with Crippen LogP contribution in [0.15, 0.2) is 24.5 Å². The molecule has 0 aliphatic heterocycles. The fraction of sp³-hybridized carbons (Fsp3) is 0.273. The zero-order valence-corrected chi connectivity index (χ0v) is 10.1. The van der Waals surface area contributed by atoms with Crippen molar-refractivity contribution in [2.45, 2.75) is 19.9 Å². The lowest BCUT2D eigenvalue weighted by molar-refractivity contribution is 0.642. The van der Waals surface area contributed by atoms with E-state index < -0.39 is 0 Å². The van der Waals surface area contributed by atoms with Crippen LogP contribution in [-0.4, -0.2) is 9.97 Å². The average molecular weight is 234 g/mol. The van der Waals surface area contributed by atoms with E-state index in [1.54, 1.807) is 11.3 Å². The molecule has 0 aliphatic rings.